The number of halogens is 1. The monoisotopic (exact) mass is 429 g/mol. The summed E-state index contributed by atoms with van der Waals surface area (Å²) in [6, 6.07) is 15.2. The number of aromatic hydroxyl groups is 1. The van der Waals surface area contributed by atoms with Crippen molar-refractivity contribution in [3.05, 3.63) is 110 Å². The van der Waals surface area contributed by atoms with Crippen LogP contribution in [0, 0.1) is 19.7 Å². The van der Waals surface area contributed by atoms with Crippen molar-refractivity contribution in [1.82, 2.24) is 4.90 Å². The lowest BCUT2D eigenvalue weighted by Crippen LogP contribution is -2.29. The van der Waals surface area contributed by atoms with Gasteiger partial charge in [-0.25, -0.2) is 4.39 Å². The van der Waals surface area contributed by atoms with E-state index in [0.29, 0.717) is 22.1 Å². The summed E-state index contributed by atoms with van der Waals surface area (Å²) in [5, 5.41) is 10.5. The summed E-state index contributed by atoms with van der Waals surface area (Å²) in [4.78, 5) is 28.6. The number of rotatable bonds is 3. The van der Waals surface area contributed by atoms with Gasteiger partial charge in [-0.2, -0.15) is 0 Å². The second kappa shape index (κ2) is 7.34. The molecule has 1 atom stereocenters. The summed E-state index contributed by atoms with van der Waals surface area (Å²) in [5.74, 6) is -0.763. The highest BCUT2D eigenvalue weighted by atomic mass is 19.1. The topological polar surface area (TPSA) is 70.8 Å². The Bertz CT molecular complexity index is 1440. The molecule has 0 saturated carbocycles. The van der Waals surface area contributed by atoms with E-state index in [-0.39, 0.29) is 34.9 Å². The minimum atomic E-state index is -0.739. The van der Waals surface area contributed by atoms with Crippen molar-refractivity contribution < 1.29 is 18.7 Å². The summed E-state index contributed by atoms with van der Waals surface area (Å²) >= 11 is 0. The fourth-order valence-corrected chi connectivity index (χ4v) is 4.27. The standard InChI is InChI=1S/C26H20FNO4/c1-14-10-20-21(11-15(14)2)32-25-22(24(20)30)23(17-4-3-5-19(29)12-17)28(26(25)31)13-16-6-8-18(27)9-7-16/h3-12,23,29H,13H2,1-2H3. The fourth-order valence-electron chi connectivity index (χ4n) is 4.27. The first-order valence-electron chi connectivity index (χ1n) is 10.3. The van der Waals surface area contributed by atoms with Gasteiger partial charge in [-0.3, -0.25) is 9.59 Å². The Morgan fingerprint density at radius 1 is 1.00 bits per heavy atom. The Labute approximate surface area is 183 Å². The van der Waals surface area contributed by atoms with E-state index in [1.165, 1.54) is 29.2 Å². The van der Waals surface area contributed by atoms with Gasteiger partial charge in [-0.05, 0) is 72.5 Å². The molecule has 3 aromatic carbocycles. The first kappa shape index (κ1) is 20.0. The van der Waals surface area contributed by atoms with Gasteiger partial charge in [0.2, 0.25) is 5.76 Å². The molecule has 0 fully saturated rings. The van der Waals surface area contributed by atoms with Crippen LogP contribution in [-0.4, -0.2) is 15.9 Å². The molecule has 1 amide bonds. The first-order chi connectivity index (χ1) is 15.3. The molecule has 1 aliphatic heterocycles. The van der Waals surface area contributed by atoms with Gasteiger partial charge in [0.05, 0.1) is 17.0 Å². The van der Waals surface area contributed by atoms with Crippen molar-refractivity contribution in [2.45, 2.75) is 26.4 Å². The number of hydrogen-bond acceptors (Lipinski definition) is 4. The molecule has 0 radical (unpaired) electrons. The van der Waals surface area contributed by atoms with E-state index in [1.807, 2.05) is 13.8 Å². The zero-order valence-corrected chi connectivity index (χ0v) is 17.6. The maximum Gasteiger partial charge on any atom is 0.291 e. The third-order valence-electron chi connectivity index (χ3n) is 6.03. The lowest BCUT2D eigenvalue weighted by molar-refractivity contribution is 0.0714. The number of nitrogens with zero attached hydrogens (tertiary/aromatic N) is 1. The van der Waals surface area contributed by atoms with Gasteiger partial charge in [0.25, 0.3) is 5.91 Å². The Morgan fingerprint density at radius 2 is 1.72 bits per heavy atom. The molecule has 2 heterocycles. The second-order valence-corrected chi connectivity index (χ2v) is 8.16. The number of fused-ring (bicyclic) bond motifs is 2. The zero-order valence-electron chi connectivity index (χ0n) is 17.6. The predicted octanol–water partition coefficient (Wildman–Crippen LogP) is 5.00. The first-order valence-corrected chi connectivity index (χ1v) is 10.3. The van der Waals surface area contributed by atoms with E-state index in [1.54, 1.807) is 36.4 Å². The highest BCUT2D eigenvalue weighted by molar-refractivity contribution is 5.99. The summed E-state index contributed by atoms with van der Waals surface area (Å²) in [6.07, 6.45) is 0. The quantitative estimate of drug-likeness (QED) is 0.498. The van der Waals surface area contributed by atoms with Gasteiger partial charge in [0.1, 0.15) is 17.1 Å². The van der Waals surface area contributed by atoms with Crippen LogP contribution in [0.2, 0.25) is 0 Å². The van der Waals surface area contributed by atoms with Crippen LogP contribution in [0.5, 0.6) is 5.75 Å². The third kappa shape index (κ3) is 3.15. The van der Waals surface area contributed by atoms with Gasteiger partial charge in [0.15, 0.2) is 5.43 Å². The largest absolute Gasteiger partial charge is 0.508 e. The maximum atomic E-state index is 13.6. The van der Waals surface area contributed by atoms with Crippen LogP contribution in [0.25, 0.3) is 11.0 Å². The van der Waals surface area contributed by atoms with Crippen LogP contribution in [0.15, 0.2) is 69.9 Å². The van der Waals surface area contributed by atoms with Gasteiger partial charge in [-0.1, -0.05) is 24.3 Å². The summed E-state index contributed by atoms with van der Waals surface area (Å²) in [5.41, 5.74) is 3.55. The number of benzene rings is 3. The van der Waals surface area contributed by atoms with Crippen LogP contribution >= 0.6 is 0 Å². The maximum absolute atomic E-state index is 13.6. The normalized spacial score (nSPS) is 15.4. The molecule has 1 unspecified atom stereocenters. The van der Waals surface area contributed by atoms with Gasteiger partial charge >= 0.3 is 0 Å². The highest BCUT2D eigenvalue weighted by Crippen LogP contribution is 2.40. The number of hydrogen-bond donors (Lipinski definition) is 1. The molecule has 1 aliphatic rings. The summed E-state index contributed by atoms with van der Waals surface area (Å²) in [7, 11) is 0. The van der Waals surface area contributed by atoms with E-state index in [9.17, 15) is 19.1 Å². The van der Waals surface area contributed by atoms with Crippen molar-refractivity contribution in [2.24, 2.45) is 0 Å². The van der Waals surface area contributed by atoms with Crippen LogP contribution in [0.1, 0.15) is 44.4 Å². The molecule has 32 heavy (non-hydrogen) atoms. The number of carbonyl (C=O) groups is 1. The van der Waals surface area contributed by atoms with Gasteiger partial charge in [0, 0.05) is 6.54 Å². The molecule has 0 saturated heterocycles. The summed E-state index contributed by atoms with van der Waals surface area (Å²) < 4.78 is 19.4. The molecule has 4 aromatic rings. The fraction of sp³-hybridized carbons (Fsp3) is 0.154. The highest BCUT2D eigenvalue weighted by Gasteiger charge is 2.42. The average molecular weight is 429 g/mol. The molecular weight excluding hydrogens is 409 g/mol. The minimum absolute atomic E-state index is 0.00112. The van der Waals surface area contributed by atoms with E-state index in [4.69, 9.17) is 4.42 Å². The smallest absolute Gasteiger partial charge is 0.291 e. The lowest BCUT2D eigenvalue weighted by Gasteiger charge is -2.25. The molecule has 1 N–H and O–H groups in total. The van der Waals surface area contributed by atoms with E-state index < -0.39 is 11.9 Å². The molecule has 5 nitrogen and oxygen atoms in total. The van der Waals surface area contributed by atoms with Crippen molar-refractivity contribution >= 4 is 16.9 Å². The van der Waals surface area contributed by atoms with Crippen molar-refractivity contribution in [3.63, 3.8) is 0 Å². The molecule has 6 heteroatoms. The van der Waals surface area contributed by atoms with E-state index >= 15 is 0 Å². The van der Waals surface area contributed by atoms with Crippen LogP contribution in [0.3, 0.4) is 0 Å². The molecule has 0 bridgehead atoms. The van der Waals surface area contributed by atoms with Crippen LogP contribution in [-0.2, 0) is 6.54 Å². The average Bonchev–Trinajstić information content (AvgIpc) is 3.03. The lowest BCUT2D eigenvalue weighted by atomic mass is 9.97. The SMILES string of the molecule is Cc1cc2oc3c(c(=O)c2cc1C)C(c1cccc(O)c1)N(Cc1ccc(F)cc1)C3=O. The molecule has 160 valence electrons. The van der Waals surface area contributed by atoms with Gasteiger partial charge < -0.3 is 14.4 Å². The second-order valence-electron chi connectivity index (χ2n) is 8.16. The Balaban J connectivity index is 1.74. The molecule has 0 spiro atoms. The third-order valence-corrected chi connectivity index (χ3v) is 6.03. The molecular formula is C26H20FNO4. The van der Waals surface area contributed by atoms with Gasteiger partial charge in [-0.15, -0.1) is 0 Å². The minimum Gasteiger partial charge on any atom is -0.508 e. The van der Waals surface area contributed by atoms with Crippen molar-refractivity contribution in [1.29, 1.82) is 0 Å². The number of carbonyl (C=O) groups excluding carboxylic acids is 1. The number of aryl methyl sites for hydroxylation is 2. The molecule has 5 rings (SSSR count). The number of phenols is 1. The molecule has 0 aliphatic carbocycles. The van der Waals surface area contributed by atoms with E-state index in [2.05, 4.69) is 0 Å². The Hall–Kier alpha value is -3.93. The van der Waals surface area contributed by atoms with Crippen LogP contribution < -0.4 is 5.43 Å². The Morgan fingerprint density at radius 3 is 2.44 bits per heavy atom. The van der Waals surface area contributed by atoms with Crippen molar-refractivity contribution in [3.8, 4) is 5.75 Å². The Kier molecular flexibility index (Phi) is 4.59. The van der Waals surface area contributed by atoms with Crippen LogP contribution in [0.4, 0.5) is 4.39 Å². The molecule has 1 aromatic heterocycles. The summed E-state index contributed by atoms with van der Waals surface area (Å²) in [6.45, 7) is 3.98. The van der Waals surface area contributed by atoms with E-state index in [0.717, 1.165) is 11.1 Å². The number of phenolic OH excluding ortho intramolecular Hbond substituents is 1. The van der Waals surface area contributed by atoms with Crippen molar-refractivity contribution in [2.75, 3.05) is 0 Å². The number of amides is 1. The predicted molar refractivity (Wildman–Crippen MR) is 118 cm³/mol. The zero-order chi connectivity index (χ0) is 22.6.